The summed E-state index contributed by atoms with van der Waals surface area (Å²) < 4.78 is 5.21. The zero-order valence-corrected chi connectivity index (χ0v) is 16.6. The van der Waals surface area contributed by atoms with Gasteiger partial charge in [0.2, 0.25) is 0 Å². The van der Waals surface area contributed by atoms with E-state index in [1.807, 2.05) is 13.8 Å². The number of esters is 1. The van der Waals surface area contributed by atoms with Crippen LogP contribution in [0.1, 0.15) is 67.6 Å². The molecule has 146 valence electrons. The number of carbonyl (C=O) groups is 1. The molecular formula is C22H30N2O3. The number of hydrogen-bond acceptors (Lipinski definition) is 4. The van der Waals surface area contributed by atoms with Crippen LogP contribution < -0.4 is 5.43 Å². The maximum atomic E-state index is 13.2. The van der Waals surface area contributed by atoms with Crippen LogP contribution in [0.15, 0.2) is 23.0 Å². The number of pyridine rings is 1. The Hall–Kier alpha value is -2.14. The van der Waals surface area contributed by atoms with Gasteiger partial charge in [0, 0.05) is 34.7 Å². The standard InChI is InChI=1S/C22H30N2O3/c1-4-12-27-22(26)16-9-10-20-18(13-16)21(25)19(15(3)23-20)14-24-11-7-6-8-17(24)5-2/h9-10,13,17H,4-8,11-12,14H2,1-3H3,(H,23,25)/t17-/m0/s1. The summed E-state index contributed by atoms with van der Waals surface area (Å²) in [6.45, 7) is 8.23. The predicted molar refractivity (Wildman–Crippen MR) is 108 cm³/mol. The number of aromatic amines is 1. The highest BCUT2D eigenvalue weighted by Gasteiger charge is 2.23. The van der Waals surface area contributed by atoms with Crippen molar-refractivity contribution in [2.75, 3.05) is 13.2 Å². The first kappa shape index (κ1) is 19.6. The molecule has 27 heavy (non-hydrogen) atoms. The van der Waals surface area contributed by atoms with Gasteiger partial charge in [-0.15, -0.1) is 0 Å². The maximum Gasteiger partial charge on any atom is 0.338 e. The number of likely N-dealkylation sites (tertiary alicyclic amines) is 1. The van der Waals surface area contributed by atoms with Crippen molar-refractivity contribution < 1.29 is 9.53 Å². The van der Waals surface area contributed by atoms with Gasteiger partial charge in [0.15, 0.2) is 5.43 Å². The summed E-state index contributed by atoms with van der Waals surface area (Å²) in [4.78, 5) is 31.2. The molecule has 0 bridgehead atoms. The van der Waals surface area contributed by atoms with Gasteiger partial charge in [0.05, 0.1) is 12.2 Å². The van der Waals surface area contributed by atoms with Gasteiger partial charge < -0.3 is 9.72 Å². The average Bonchev–Trinajstić information content (AvgIpc) is 2.69. The fraction of sp³-hybridized carbons (Fsp3) is 0.545. The van der Waals surface area contributed by atoms with Crippen molar-refractivity contribution in [3.8, 4) is 0 Å². The highest BCUT2D eigenvalue weighted by Crippen LogP contribution is 2.22. The molecule has 0 unspecified atom stereocenters. The van der Waals surface area contributed by atoms with Crippen LogP contribution in [0, 0.1) is 6.92 Å². The SMILES string of the molecule is CCCOC(=O)c1ccc2[nH]c(C)c(CN3CCCC[C@@H]3CC)c(=O)c2c1. The van der Waals surface area contributed by atoms with Crippen LogP contribution in [0.25, 0.3) is 10.9 Å². The Labute approximate surface area is 160 Å². The van der Waals surface area contributed by atoms with E-state index in [4.69, 9.17) is 4.74 Å². The summed E-state index contributed by atoms with van der Waals surface area (Å²) in [6, 6.07) is 5.73. The van der Waals surface area contributed by atoms with E-state index in [0.29, 0.717) is 30.1 Å². The van der Waals surface area contributed by atoms with Gasteiger partial charge in [-0.2, -0.15) is 0 Å². The van der Waals surface area contributed by atoms with Gasteiger partial charge in [-0.05, 0) is 57.4 Å². The highest BCUT2D eigenvalue weighted by atomic mass is 16.5. The number of rotatable bonds is 6. The molecule has 1 fully saturated rings. The third-order valence-electron chi connectivity index (χ3n) is 5.57. The molecule has 0 aliphatic carbocycles. The van der Waals surface area contributed by atoms with Crippen LogP contribution in [-0.2, 0) is 11.3 Å². The number of aryl methyl sites for hydroxylation is 1. The Bertz CT molecular complexity index is 872. The minimum Gasteiger partial charge on any atom is -0.462 e. The summed E-state index contributed by atoms with van der Waals surface area (Å²) in [7, 11) is 0. The van der Waals surface area contributed by atoms with E-state index in [0.717, 1.165) is 36.2 Å². The fourth-order valence-corrected chi connectivity index (χ4v) is 3.98. The number of hydrogen-bond donors (Lipinski definition) is 1. The summed E-state index contributed by atoms with van der Waals surface area (Å²) in [6.07, 6.45) is 5.55. The van der Waals surface area contributed by atoms with Crippen molar-refractivity contribution in [1.29, 1.82) is 0 Å². The van der Waals surface area contributed by atoms with Crippen LogP contribution in [0.5, 0.6) is 0 Å². The van der Waals surface area contributed by atoms with Crippen molar-refractivity contribution in [3.05, 3.63) is 45.2 Å². The Kier molecular flexibility index (Phi) is 6.32. The van der Waals surface area contributed by atoms with Crippen molar-refractivity contribution in [3.63, 3.8) is 0 Å². The second-order valence-electron chi connectivity index (χ2n) is 7.48. The zero-order chi connectivity index (χ0) is 19.4. The molecule has 1 saturated heterocycles. The van der Waals surface area contributed by atoms with E-state index < -0.39 is 0 Å². The van der Waals surface area contributed by atoms with Gasteiger partial charge >= 0.3 is 5.97 Å². The largest absolute Gasteiger partial charge is 0.462 e. The molecule has 1 N–H and O–H groups in total. The molecule has 1 atom stereocenters. The number of H-pyrrole nitrogens is 1. The summed E-state index contributed by atoms with van der Waals surface area (Å²) in [5.74, 6) is -0.373. The van der Waals surface area contributed by atoms with E-state index in [-0.39, 0.29) is 11.4 Å². The molecule has 2 heterocycles. The summed E-state index contributed by atoms with van der Waals surface area (Å²) in [5, 5.41) is 0.562. The Morgan fingerprint density at radius 3 is 2.85 bits per heavy atom. The first-order chi connectivity index (χ1) is 13.0. The number of nitrogens with one attached hydrogen (secondary N) is 1. The lowest BCUT2D eigenvalue weighted by molar-refractivity contribution is 0.0505. The lowest BCUT2D eigenvalue weighted by atomic mass is 9.98. The molecule has 1 aromatic carbocycles. The number of ether oxygens (including phenoxy) is 1. The minimum atomic E-state index is -0.373. The number of nitrogens with zero attached hydrogens (tertiary/aromatic N) is 1. The van der Waals surface area contributed by atoms with E-state index in [2.05, 4.69) is 16.8 Å². The average molecular weight is 370 g/mol. The topological polar surface area (TPSA) is 62.4 Å². The number of fused-ring (bicyclic) bond motifs is 1. The lowest BCUT2D eigenvalue weighted by Gasteiger charge is -2.35. The van der Waals surface area contributed by atoms with Crippen LogP contribution >= 0.6 is 0 Å². The van der Waals surface area contributed by atoms with Crippen molar-refractivity contribution in [2.45, 2.75) is 65.5 Å². The van der Waals surface area contributed by atoms with Gasteiger partial charge in [-0.3, -0.25) is 9.69 Å². The molecule has 1 aromatic heterocycles. The molecule has 5 heteroatoms. The van der Waals surface area contributed by atoms with Gasteiger partial charge in [-0.25, -0.2) is 4.79 Å². The molecule has 3 rings (SSSR count). The molecule has 5 nitrogen and oxygen atoms in total. The third kappa shape index (κ3) is 4.24. The monoisotopic (exact) mass is 370 g/mol. The zero-order valence-electron chi connectivity index (χ0n) is 16.6. The van der Waals surface area contributed by atoms with Gasteiger partial charge in [0.25, 0.3) is 0 Å². The van der Waals surface area contributed by atoms with E-state index in [1.165, 1.54) is 19.3 Å². The Morgan fingerprint density at radius 2 is 2.11 bits per heavy atom. The normalized spacial score (nSPS) is 18.0. The fourth-order valence-electron chi connectivity index (χ4n) is 3.98. The molecule has 1 aliphatic rings. The number of benzene rings is 1. The van der Waals surface area contributed by atoms with Gasteiger partial charge in [-0.1, -0.05) is 20.3 Å². The number of carbonyl (C=O) groups excluding carboxylic acids is 1. The second kappa shape index (κ2) is 8.70. The van der Waals surface area contributed by atoms with E-state index >= 15 is 0 Å². The molecule has 1 aliphatic heterocycles. The van der Waals surface area contributed by atoms with Crippen LogP contribution in [0.3, 0.4) is 0 Å². The number of piperidine rings is 1. The highest BCUT2D eigenvalue weighted by molar-refractivity contribution is 5.94. The van der Waals surface area contributed by atoms with Crippen LogP contribution in [0.2, 0.25) is 0 Å². The molecule has 0 spiro atoms. The smallest absolute Gasteiger partial charge is 0.338 e. The maximum absolute atomic E-state index is 13.2. The molecule has 0 radical (unpaired) electrons. The second-order valence-corrected chi connectivity index (χ2v) is 7.48. The first-order valence-corrected chi connectivity index (χ1v) is 10.1. The quantitative estimate of drug-likeness (QED) is 0.775. The van der Waals surface area contributed by atoms with Crippen molar-refractivity contribution >= 4 is 16.9 Å². The molecule has 0 amide bonds. The lowest BCUT2D eigenvalue weighted by Crippen LogP contribution is -2.39. The summed E-state index contributed by atoms with van der Waals surface area (Å²) in [5.41, 5.74) is 2.93. The van der Waals surface area contributed by atoms with Crippen molar-refractivity contribution in [1.82, 2.24) is 9.88 Å². The minimum absolute atomic E-state index is 0.0202. The molecular weight excluding hydrogens is 340 g/mol. The number of aromatic nitrogens is 1. The predicted octanol–water partition coefficient (Wildman–Crippen LogP) is 4.17. The summed E-state index contributed by atoms with van der Waals surface area (Å²) >= 11 is 0. The Morgan fingerprint density at radius 1 is 1.30 bits per heavy atom. The van der Waals surface area contributed by atoms with Crippen LogP contribution in [-0.4, -0.2) is 35.0 Å². The molecule has 2 aromatic rings. The first-order valence-electron chi connectivity index (χ1n) is 10.1. The molecule has 0 saturated carbocycles. The third-order valence-corrected chi connectivity index (χ3v) is 5.57. The van der Waals surface area contributed by atoms with E-state index in [9.17, 15) is 9.59 Å². The van der Waals surface area contributed by atoms with Gasteiger partial charge in [0.1, 0.15) is 0 Å². The van der Waals surface area contributed by atoms with Crippen LogP contribution in [0.4, 0.5) is 0 Å². The van der Waals surface area contributed by atoms with Crippen molar-refractivity contribution in [2.24, 2.45) is 0 Å². The van der Waals surface area contributed by atoms with E-state index in [1.54, 1.807) is 18.2 Å². The Balaban J connectivity index is 1.95.